The first-order valence-electron chi connectivity index (χ1n) is 3.88. The zero-order chi connectivity index (χ0) is 9.19. The number of hydrogen-bond donors (Lipinski definition) is 1. The van der Waals surface area contributed by atoms with Crippen LogP contribution in [0.3, 0.4) is 0 Å². The number of nitriles is 1. The van der Waals surface area contributed by atoms with Gasteiger partial charge in [0.25, 0.3) is 0 Å². The van der Waals surface area contributed by atoms with E-state index >= 15 is 0 Å². The van der Waals surface area contributed by atoms with Gasteiger partial charge in [0.15, 0.2) is 0 Å². The van der Waals surface area contributed by atoms with Crippen molar-refractivity contribution in [3.05, 3.63) is 0 Å². The van der Waals surface area contributed by atoms with Crippen molar-refractivity contribution in [1.82, 2.24) is 0 Å². The van der Waals surface area contributed by atoms with Gasteiger partial charge in [-0.2, -0.15) is 5.26 Å². The third-order valence-corrected chi connectivity index (χ3v) is 2.21. The molecule has 0 radical (unpaired) electrons. The van der Waals surface area contributed by atoms with Crippen LogP contribution in [0.25, 0.3) is 0 Å². The molecule has 2 N–H and O–H groups in total. The maximum Gasteiger partial charge on any atom is 0.322 e. The summed E-state index contributed by atoms with van der Waals surface area (Å²) in [6, 6.07) is 1.53. The molecule has 0 aromatic rings. The normalized spacial score (nSPS) is 20.8. The first-order chi connectivity index (χ1) is 5.63. The van der Waals surface area contributed by atoms with Crippen LogP contribution in [0.4, 0.5) is 0 Å². The molecule has 66 valence electrons. The molecule has 1 saturated carbocycles. The third kappa shape index (κ3) is 1.74. The molecule has 0 aliphatic heterocycles. The number of hydrogen-bond acceptors (Lipinski definition) is 4. The van der Waals surface area contributed by atoms with E-state index in [4.69, 9.17) is 11.0 Å². The molecule has 0 heterocycles. The standard InChI is InChI=1S/C8H12N2O2/c1-12-7(11)6(10)4-8(5-9)2-3-8/h6H,2-4,10H2,1H3. The summed E-state index contributed by atoms with van der Waals surface area (Å²) in [5.41, 5.74) is 5.18. The minimum Gasteiger partial charge on any atom is -0.468 e. The van der Waals surface area contributed by atoms with Crippen molar-refractivity contribution >= 4 is 5.97 Å². The molecule has 0 aromatic heterocycles. The average Bonchev–Trinajstić information content (AvgIpc) is 2.84. The molecule has 1 aliphatic rings. The summed E-state index contributed by atoms with van der Waals surface area (Å²) >= 11 is 0. The molecule has 1 fully saturated rings. The van der Waals surface area contributed by atoms with Crippen molar-refractivity contribution in [3.63, 3.8) is 0 Å². The Morgan fingerprint density at radius 2 is 2.42 bits per heavy atom. The Labute approximate surface area is 71.3 Å². The van der Waals surface area contributed by atoms with Crippen molar-refractivity contribution < 1.29 is 9.53 Å². The van der Waals surface area contributed by atoms with Crippen LogP contribution in [0, 0.1) is 16.7 Å². The molecule has 0 bridgehead atoms. The van der Waals surface area contributed by atoms with Crippen LogP contribution in [-0.4, -0.2) is 19.1 Å². The monoisotopic (exact) mass is 168 g/mol. The van der Waals surface area contributed by atoms with Gasteiger partial charge < -0.3 is 10.5 Å². The van der Waals surface area contributed by atoms with E-state index in [1.807, 2.05) is 0 Å². The van der Waals surface area contributed by atoms with Gasteiger partial charge in [-0.3, -0.25) is 4.79 Å². The summed E-state index contributed by atoms with van der Waals surface area (Å²) in [4.78, 5) is 10.9. The Bertz CT molecular complexity index is 228. The smallest absolute Gasteiger partial charge is 0.322 e. The lowest BCUT2D eigenvalue weighted by molar-refractivity contribution is -0.142. The fraction of sp³-hybridized carbons (Fsp3) is 0.750. The second-order valence-electron chi connectivity index (χ2n) is 3.23. The molecule has 1 aliphatic carbocycles. The molecule has 12 heavy (non-hydrogen) atoms. The number of nitrogens with two attached hydrogens (primary N) is 1. The van der Waals surface area contributed by atoms with Crippen LogP contribution in [0.1, 0.15) is 19.3 Å². The van der Waals surface area contributed by atoms with Crippen LogP contribution in [0.15, 0.2) is 0 Å². The lowest BCUT2D eigenvalue weighted by Gasteiger charge is -2.11. The molecule has 0 saturated heterocycles. The molecule has 0 spiro atoms. The highest BCUT2D eigenvalue weighted by Gasteiger charge is 2.45. The van der Waals surface area contributed by atoms with Crippen LogP contribution in [0.2, 0.25) is 0 Å². The number of rotatable bonds is 3. The van der Waals surface area contributed by atoms with Crippen LogP contribution < -0.4 is 5.73 Å². The topological polar surface area (TPSA) is 76.1 Å². The van der Waals surface area contributed by atoms with Gasteiger partial charge in [0.2, 0.25) is 0 Å². The summed E-state index contributed by atoms with van der Waals surface area (Å²) in [5.74, 6) is -0.434. The van der Waals surface area contributed by atoms with E-state index < -0.39 is 12.0 Å². The van der Waals surface area contributed by atoms with E-state index in [2.05, 4.69) is 10.8 Å². The summed E-state index contributed by atoms with van der Waals surface area (Å²) in [6.45, 7) is 0. The van der Waals surface area contributed by atoms with Crippen molar-refractivity contribution in [2.45, 2.75) is 25.3 Å². The summed E-state index contributed by atoms with van der Waals surface area (Å²) in [6.07, 6.45) is 2.14. The van der Waals surface area contributed by atoms with Crippen molar-refractivity contribution in [1.29, 1.82) is 5.26 Å². The number of carbonyl (C=O) groups is 1. The minimum atomic E-state index is -0.642. The Kier molecular flexibility index (Phi) is 2.34. The van der Waals surface area contributed by atoms with Crippen molar-refractivity contribution in [2.75, 3.05) is 7.11 Å². The molecular weight excluding hydrogens is 156 g/mol. The predicted octanol–water partition coefficient (Wildman–Crippen LogP) is 0.181. The van der Waals surface area contributed by atoms with Crippen molar-refractivity contribution in [3.8, 4) is 6.07 Å². The second-order valence-corrected chi connectivity index (χ2v) is 3.23. The van der Waals surface area contributed by atoms with E-state index in [1.165, 1.54) is 7.11 Å². The minimum absolute atomic E-state index is 0.326. The van der Waals surface area contributed by atoms with Gasteiger partial charge in [-0.25, -0.2) is 0 Å². The van der Waals surface area contributed by atoms with E-state index in [1.54, 1.807) is 0 Å². The van der Waals surface area contributed by atoms with Gasteiger partial charge in [-0.1, -0.05) is 0 Å². The highest BCUT2D eigenvalue weighted by Crippen LogP contribution is 2.48. The van der Waals surface area contributed by atoms with Crippen molar-refractivity contribution in [2.24, 2.45) is 11.1 Å². The third-order valence-electron chi connectivity index (χ3n) is 2.21. The van der Waals surface area contributed by atoms with Gasteiger partial charge in [0.1, 0.15) is 6.04 Å². The summed E-state index contributed by atoms with van der Waals surface area (Å²) in [7, 11) is 1.30. The quantitative estimate of drug-likeness (QED) is 0.610. The maximum absolute atomic E-state index is 10.9. The molecular formula is C8H12N2O2. The molecule has 1 atom stereocenters. The lowest BCUT2D eigenvalue weighted by Crippen LogP contribution is -2.33. The van der Waals surface area contributed by atoms with Crippen LogP contribution in [-0.2, 0) is 9.53 Å². The molecule has 0 amide bonds. The number of carbonyl (C=O) groups excluding carboxylic acids is 1. The van der Waals surface area contributed by atoms with Gasteiger partial charge in [-0.05, 0) is 19.3 Å². The van der Waals surface area contributed by atoms with E-state index in [9.17, 15) is 4.79 Å². The van der Waals surface area contributed by atoms with E-state index in [0.29, 0.717) is 6.42 Å². The zero-order valence-electron chi connectivity index (χ0n) is 7.04. The Morgan fingerprint density at radius 3 is 2.75 bits per heavy atom. The van der Waals surface area contributed by atoms with Gasteiger partial charge >= 0.3 is 5.97 Å². The van der Waals surface area contributed by atoms with Crippen LogP contribution in [0.5, 0.6) is 0 Å². The van der Waals surface area contributed by atoms with Gasteiger partial charge in [0, 0.05) is 0 Å². The average molecular weight is 168 g/mol. The van der Waals surface area contributed by atoms with E-state index in [0.717, 1.165) is 12.8 Å². The number of methoxy groups -OCH3 is 1. The summed E-state index contributed by atoms with van der Waals surface area (Å²) in [5, 5.41) is 8.70. The zero-order valence-corrected chi connectivity index (χ0v) is 7.04. The fourth-order valence-corrected chi connectivity index (χ4v) is 1.17. The highest BCUT2D eigenvalue weighted by molar-refractivity contribution is 5.75. The fourth-order valence-electron chi connectivity index (χ4n) is 1.17. The van der Waals surface area contributed by atoms with E-state index in [-0.39, 0.29) is 5.41 Å². The van der Waals surface area contributed by atoms with Gasteiger partial charge in [-0.15, -0.1) is 0 Å². The number of ether oxygens (including phenoxy) is 1. The molecule has 1 unspecified atom stereocenters. The molecule has 4 nitrogen and oxygen atoms in total. The number of esters is 1. The molecule has 0 aromatic carbocycles. The number of nitrogens with zero attached hydrogens (tertiary/aromatic N) is 1. The molecule has 4 heteroatoms. The highest BCUT2D eigenvalue weighted by atomic mass is 16.5. The Balaban J connectivity index is 2.42. The van der Waals surface area contributed by atoms with Gasteiger partial charge in [0.05, 0.1) is 18.6 Å². The summed E-state index contributed by atoms with van der Waals surface area (Å²) < 4.78 is 4.46. The first kappa shape index (κ1) is 9.01. The van der Waals surface area contributed by atoms with Crippen LogP contribution >= 0.6 is 0 Å². The Morgan fingerprint density at radius 1 is 1.83 bits per heavy atom. The maximum atomic E-state index is 10.9. The molecule has 1 rings (SSSR count). The second kappa shape index (κ2) is 3.11. The predicted molar refractivity (Wildman–Crippen MR) is 41.9 cm³/mol. The lowest BCUT2D eigenvalue weighted by atomic mass is 9.99. The SMILES string of the molecule is COC(=O)C(N)CC1(C#N)CC1. The largest absolute Gasteiger partial charge is 0.468 e. The Hall–Kier alpha value is -1.08. The first-order valence-corrected chi connectivity index (χ1v) is 3.88.